The normalized spacial score (nSPS) is 12.7. The molecule has 4 N–H and O–H groups in total. The van der Waals surface area contributed by atoms with E-state index in [1.165, 1.54) is 7.11 Å². The number of carbonyl (C=O) groups is 4. The van der Waals surface area contributed by atoms with Crippen LogP contribution in [0.2, 0.25) is 20.1 Å². The maximum Gasteiger partial charge on any atom is 1.00 e. The first kappa shape index (κ1) is 53.2. The minimum Gasteiger partial charge on any atom is -0.870 e. The number of methoxy groups -OCH3 is 1. The molecule has 6 rings (SSSR count). The zero-order valence-electron chi connectivity index (χ0n) is 35.5. The third-order valence-corrected chi connectivity index (χ3v) is 14.6. The molecule has 0 aliphatic carbocycles. The van der Waals surface area contributed by atoms with Crippen LogP contribution in [0.15, 0.2) is 82.6 Å². The van der Waals surface area contributed by atoms with Gasteiger partial charge >= 0.3 is 30.8 Å². The van der Waals surface area contributed by atoms with E-state index in [0.717, 1.165) is 38.7 Å². The monoisotopic (exact) mass is 970 g/mol. The van der Waals surface area contributed by atoms with Crippen LogP contribution in [0.25, 0.3) is 21.8 Å². The van der Waals surface area contributed by atoms with Crippen LogP contribution in [0.4, 0.5) is 0 Å². The van der Waals surface area contributed by atoms with Crippen LogP contribution in [0, 0.1) is 13.8 Å². The maximum absolute atomic E-state index is 12.9. The number of nitrogens with zero attached hydrogens (tertiary/aromatic N) is 2. The number of carboxylic acids is 1. The third kappa shape index (κ3) is 12.2. The number of benzene rings is 4. The van der Waals surface area contributed by atoms with Crippen LogP contribution in [-0.4, -0.2) is 70.5 Å². The molecule has 0 aliphatic heterocycles. The fraction of sp³-hybridized carbons (Fsp3) is 0.256. The number of halogens is 4. The van der Waals surface area contributed by atoms with Crippen molar-refractivity contribution >= 4 is 114 Å². The second-order valence-corrected chi connectivity index (χ2v) is 18.6. The fourth-order valence-electron chi connectivity index (χ4n) is 6.46. The van der Waals surface area contributed by atoms with E-state index in [2.05, 4.69) is 15.4 Å². The van der Waals surface area contributed by atoms with Crippen molar-refractivity contribution in [1.82, 2.24) is 19.8 Å². The Hall–Kier alpha value is -4.14. The van der Waals surface area contributed by atoms with Crippen LogP contribution >= 0.6 is 46.4 Å². The molecule has 2 unspecified atom stereocenters. The van der Waals surface area contributed by atoms with Gasteiger partial charge in [0.25, 0.3) is 11.8 Å². The molecule has 20 heteroatoms. The molecule has 6 aromatic rings. The van der Waals surface area contributed by atoms with E-state index in [1.807, 2.05) is 39.8 Å². The smallest absolute Gasteiger partial charge is 0.870 e. The number of aromatic nitrogens is 2. The van der Waals surface area contributed by atoms with Gasteiger partial charge in [0, 0.05) is 34.7 Å². The number of fused-ring (bicyclic) bond motifs is 2. The number of carboxylic acid groups (broad SMARTS) is 1. The van der Waals surface area contributed by atoms with Crippen LogP contribution in [-0.2, 0) is 50.0 Å². The van der Waals surface area contributed by atoms with Crippen molar-refractivity contribution in [2.24, 2.45) is 14.1 Å². The van der Waals surface area contributed by atoms with Crippen LogP contribution in [0.1, 0.15) is 69.2 Å². The molecule has 2 aromatic heterocycles. The molecule has 0 aliphatic rings. The zero-order chi connectivity index (χ0) is 45.0. The van der Waals surface area contributed by atoms with Gasteiger partial charge in [-0.3, -0.25) is 27.6 Å². The molecular weight excluding hydrogens is 929 g/mol. The average molecular weight is 973 g/mol. The van der Waals surface area contributed by atoms with Gasteiger partial charge in [-0.2, -0.15) is 0 Å². The molecule has 2 amide bonds. The second kappa shape index (κ2) is 22.7. The molecule has 2 heterocycles. The standard InChI is InChI=1S/C22H22Cl2N2O4S.C21H20Cl2N2O4S.Li.H2O/c1-12-9-17-16(21(24)20(12)23)10-18(26(17)3)22(28)25-13(2)14-5-7-15(8-6-14)31(29)11-19(27)30-4;1-11-8-16-15(20(23)19(11)22)9-17(25(16)3)21(28)24-12(2)13-4-6-14(7-5-13)30(29)10-18(26)27;;/h5-10,13H,11H2,1-4H3,(H,25,28);4-9,12H,10H2,1-3H3,(H,24,28)(H,26,27);;1H2/q;;+1;/p-1/t13-,31?;12-,30?;;/m11../s1. The van der Waals surface area contributed by atoms with Crippen molar-refractivity contribution < 1.29 is 61.8 Å². The van der Waals surface area contributed by atoms with E-state index >= 15 is 0 Å². The van der Waals surface area contributed by atoms with Crippen molar-refractivity contribution in [3.05, 3.63) is 127 Å². The van der Waals surface area contributed by atoms with Gasteiger partial charge in [0.2, 0.25) is 0 Å². The summed E-state index contributed by atoms with van der Waals surface area (Å²) in [4.78, 5) is 48.7. The number of amides is 2. The predicted octanol–water partition coefficient (Wildman–Crippen LogP) is 5.87. The number of rotatable bonds is 12. The largest absolute Gasteiger partial charge is 1.00 e. The van der Waals surface area contributed by atoms with E-state index in [0.29, 0.717) is 46.7 Å². The van der Waals surface area contributed by atoms with E-state index in [9.17, 15) is 27.6 Å². The Balaban J connectivity index is 0.000000325. The van der Waals surface area contributed by atoms with Crippen LogP contribution in [0.3, 0.4) is 0 Å². The summed E-state index contributed by atoms with van der Waals surface area (Å²) in [6.45, 7) is 7.41. The van der Waals surface area contributed by atoms with Crippen molar-refractivity contribution in [3.63, 3.8) is 0 Å². The minimum absolute atomic E-state index is 0. The number of esters is 1. The molecule has 63 heavy (non-hydrogen) atoms. The van der Waals surface area contributed by atoms with Crippen molar-refractivity contribution in [3.8, 4) is 0 Å². The van der Waals surface area contributed by atoms with Gasteiger partial charge in [0.1, 0.15) is 22.9 Å². The molecular formula is C43H43Cl4LiN4O9S2. The molecule has 0 spiro atoms. The number of carbonyl (C=O) groups excluding carboxylic acids is 3. The first-order chi connectivity index (χ1) is 28.7. The van der Waals surface area contributed by atoms with Crippen molar-refractivity contribution in [2.75, 3.05) is 18.6 Å². The molecule has 13 nitrogen and oxygen atoms in total. The van der Waals surface area contributed by atoms with Gasteiger partial charge < -0.3 is 35.1 Å². The summed E-state index contributed by atoms with van der Waals surface area (Å²) in [6, 6.07) is 20.2. The first-order valence-electron chi connectivity index (χ1n) is 18.5. The zero-order valence-corrected chi connectivity index (χ0v) is 40.1. The maximum atomic E-state index is 12.9. The molecule has 0 fully saturated rings. The van der Waals surface area contributed by atoms with Gasteiger partial charge in [0.15, 0.2) is 0 Å². The Morgan fingerprint density at radius 1 is 0.651 bits per heavy atom. The Morgan fingerprint density at radius 2 is 1.00 bits per heavy atom. The molecule has 0 radical (unpaired) electrons. The van der Waals surface area contributed by atoms with Gasteiger partial charge in [-0.05, 0) is 98.5 Å². The Morgan fingerprint density at radius 3 is 1.33 bits per heavy atom. The molecule has 4 aromatic carbocycles. The predicted molar refractivity (Wildman–Crippen MR) is 244 cm³/mol. The summed E-state index contributed by atoms with van der Waals surface area (Å²) >= 11 is 25.2. The average Bonchev–Trinajstić information content (AvgIpc) is 3.74. The molecule has 4 atom stereocenters. The topological polar surface area (TPSA) is 196 Å². The van der Waals surface area contributed by atoms with E-state index in [1.54, 1.807) is 83.9 Å². The van der Waals surface area contributed by atoms with Gasteiger partial charge in [-0.1, -0.05) is 70.7 Å². The number of ether oxygens (including phenoxy) is 1. The number of hydrogen-bond donors (Lipinski definition) is 3. The van der Waals surface area contributed by atoms with Crippen molar-refractivity contribution in [1.29, 1.82) is 0 Å². The Kier molecular flexibility index (Phi) is 19.1. The second-order valence-electron chi connectivity index (χ2n) is 14.2. The molecule has 0 saturated carbocycles. The minimum atomic E-state index is -1.61. The van der Waals surface area contributed by atoms with Crippen molar-refractivity contribution in [2.45, 2.75) is 49.6 Å². The number of aryl methyl sites for hydroxylation is 4. The Bertz CT molecular complexity index is 2740. The number of aliphatic carboxylic acids is 1. The summed E-state index contributed by atoms with van der Waals surface area (Å²) in [6.07, 6.45) is 0. The SMILES string of the molecule is COC(=O)CS(=O)c1ccc([C@@H](C)NC(=O)c2cc3c(Cl)c(Cl)c(C)cc3n2C)cc1.Cc1cc2c(cc(C(=O)N[C@H](C)c3ccc(S(=O)CC(=O)O)cc3)n2C)c(Cl)c1Cl.[Li+].[OH-]. The van der Waals surface area contributed by atoms with Gasteiger partial charge in [0.05, 0.1) is 71.9 Å². The van der Waals surface area contributed by atoms with E-state index < -0.39 is 39.3 Å². The molecule has 0 bridgehead atoms. The fourth-order valence-corrected chi connectivity index (χ4v) is 9.14. The summed E-state index contributed by atoms with van der Waals surface area (Å²) < 4.78 is 32.2. The number of hydrogen-bond acceptors (Lipinski definition) is 8. The number of nitrogens with one attached hydrogen (secondary N) is 2. The summed E-state index contributed by atoms with van der Waals surface area (Å²) in [5.41, 5.74) is 5.84. The quantitative estimate of drug-likeness (QED) is 0.0993. The van der Waals surface area contributed by atoms with Crippen LogP contribution in [0.5, 0.6) is 0 Å². The van der Waals surface area contributed by atoms with Crippen LogP contribution < -0.4 is 29.5 Å². The van der Waals surface area contributed by atoms with Gasteiger partial charge in [-0.25, -0.2) is 0 Å². The van der Waals surface area contributed by atoms with Gasteiger partial charge in [-0.15, -0.1) is 0 Å². The summed E-state index contributed by atoms with van der Waals surface area (Å²) in [5.74, 6) is -2.83. The third-order valence-electron chi connectivity index (χ3n) is 9.99. The first-order valence-corrected chi connectivity index (χ1v) is 22.6. The Labute approximate surface area is 401 Å². The van der Waals surface area contributed by atoms with E-state index in [4.69, 9.17) is 51.5 Å². The molecule has 0 saturated heterocycles. The molecule has 330 valence electrons. The van der Waals surface area contributed by atoms with E-state index in [-0.39, 0.29) is 54.0 Å². The summed E-state index contributed by atoms with van der Waals surface area (Å²) in [7, 11) is 1.76. The summed E-state index contributed by atoms with van der Waals surface area (Å²) in [5, 5.41) is 17.9.